The summed E-state index contributed by atoms with van der Waals surface area (Å²) >= 11 is 0. The number of hydrogen-bond acceptors (Lipinski definition) is 1. The number of ketones is 1. The minimum absolute atomic E-state index is 0.0182. The molecule has 0 heterocycles. The minimum Gasteiger partial charge on any atom is -0.299 e. The van der Waals surface area contributed by atoms with Crippen LogP contribution in [0, 0.1) is 11.6 Å². The third kappa shape index (κ3) is 3.29. The molecule has 0 fully saturated rings. The molecule has 0 bridgehead atoms. The van der Waals surface area contributed by atoms with Gasteiger partial charge in [-0.15, -0.1) is 0 Å². The van der Waals surface area contributed by atoms with E-state index in [4.69, 9.17) is 0 Å². The van der Waals surface area contributed by atoms with Crippen LogP contribution in [-0.2, 0) is 11.2 Å². The molecule has 0 saturated heterocycles. The Bertz CT molecular complexity index is 593. The summed E-state index contributed by atoms with van der Waals surface area (Å²) < 4.78 is 26.0. The second kappa shape index (κ2) is 6.42. The van der Waals surface area contributed by atoms with Crippen molar-refractivity contribution in [2.24, 2.45) is 0 Å². The van der Waals surface area contributed by atoms with Gasteiger partial charge in [-0.2, -0.15) is 0 Å². The van der Waals surface area contributed by atoms with Crippen LogP contribution in [0.2, 0.25) is 0 Å². The van der Waals surface area contributed by atoms with E-state index in [1.54, 1.807) is 0 Å². The fraction of sp³-hybridized carbons (Fsp3) is 0.235. The molecule has 1 nitrogen and oxygen atoms in total. The van der Waals surface area contributed by atoms with Crippen molar-refractivity contribution in [2.75, 3.05) is 0 Å². The van der Waals surface area contributed by atoms with E-state index in [0.717, 1.165) is 17.7 Å². The lowest BCUT2D eigenvalue weighted by Crippen LogP contribution is -2.14. The highest BCUT2D eigenvalue weighted by atomic mass is 19.2. The molecule has 1 unspecified atom stereocenters. The van der Waals surface area contributed by atoms with Gasteiger partial charge in [0, 0.05) is 12.3 Å². The third-order valence-electron chi connectivity index (χ3n) is 3.36. The van der Waals surface area contributed by atoms with Gasteiger partial charge < -0.3 is 0 Å². The normalized spacial score (nSPS) is 12.2. The van der Waals surface area contributed by atoms with Crippen molar-refractivity contribution in [3.63, 3.8) is 0 Å². The van der Waals surface area contributed by atoms with Gasteiger partial charge in [0.05, 0.1) is 0 Å². The molecule has 0 N–H and O–H groups in total. The Balaban J connectivity index is 2.15. The van der Waals surface area contributed by atoms with Gasteiger partial charge in [-0.25, -0.2) is 8.78 Å². The van der Waals surface area contributed by atoms with Gasteiger partial charge in [0.25, 0.3) is 0 Å². The Labute approximate surface area is 117 Å². The van der Waals surface area contributed by atoms with Crippen molar-refractivity contribution < 1.29 is 13.6 Å². The summed E-state index contributed by atoms with van der Waals surface area (Å²) in [5.74, 6) is -1.99. The lowest BCUT2D eigenvalue weighted by atomic mass is 9.89. The molecule has 0 saturated carbocycles. The fourth-order valence-electron chi connectivity index (χ4n) is 2.31. The first-order valence-corrected chi connectivity index (χ1v) is 6.63. The predicted molar refractivity (Wildman–Crippen MR) is 74.5 cm³/mol. The first kappa shape index (κ1) is 14.4. The first-order chi connectivity index (χ1) is 9.61. The van der Waals surface area contributed by atoms with E-state index in [0.29, 0.717) is 12.0 Å². The lowest BCUT2D eigenvalue weighted by molar-refractivity contribution is -0.119. The molecule has 0 radical (unpaired) electrons. The SMILES string of the molecule is CCC(C(=O)Cc1ccc(F)c(F)c1)c1ccccc1. The van der Waals surface area contributed by atoms with Gasteiger partial charge in [0.1, 0.15) is 5.78 Å². The molecular formula is C17H16F2O. The van der Waals surface area contributed by atoms with Crippen molar-refractivity contribution >= 4 is 5.78 Å². The Hall–Kier alpha value is -2.03. The topological polar surface area (TPSA) is 17.1 Å². The molecule has 2 rings (SSSR count). The number of rotatable bonds is 5. The highest BCUT2D eigenvalue weighted by Crippen LogP contribution is 2.22. The van der Waals surface area contributed by atoms with Gasteiger partial charge in [0.15, 0.2) is 11.6 Å². The zero-order valence-corrected chi connectivity index (χ0v) is 11.3. The monoisotopic (exact) mass is 274 g/mol. The van der Waals surface area contributed by atoms with Crippen LogP contribution >= 0.6 is 0 Å². The van der Waals surface area contributed by atoms with Crippen LogP contribution < -0.4 is 0 Å². The van der Waals surface area contributed by atoms with E-state index in [-0.39, 0.29) is 18.1 Å². The van der Waals surface area contributed by atoms with Crippen molar-refractivity contribution in [1.29, 1.82) is 0 Å². The van der Waals surface area contributed by atoms with Gasteiger partial charge in [-0.3, -0.25) is 4.79 Å². The third-order valence-corrected chi connectivity index (χ3v) is 3.36. The van der Waals surface area contributed by atoms with Gasteiger partial charge in [0.2, 0.25) is 0 Å². The van der Waals surface area contributed by atoms with Gasteiger partial charge in [-0.05, 0) is 29.7 Å². The van der Waals surface area contributed by atoms with Gasteiger partial charge in [-0.1, -0.05) is 43.3 Å². The molecule has 0 aliphatic rings. The zero-order valence-electron chi connectivity index (χ0n) is 11.3. The quantitative estimate of drug-likeness (QED) is 0.795. The largest absolute Gasteiger partial charge is 0.299 e. The van der Waals surface area contributed by atoms with Crippen LogP contribution in [0.25, 0.3) is 0 Å². The zero-order chi connectivity index (χ0) is 14.5. The molecule has 0 amide bonds. The molecule has 0 aliphatic heterocycles. The fourth-order valence-corrected chi connectivity index (χ4v) is 2.31. The summed E-state index contributed by atoms with van der Waals surface area (Å²) in [5.41, 5.74) is 1.46. The predicted octanol–water partition coefficient (Wildman–Crippen LogP) is 4.27. The molecular weight excluding hydrogens is 258 g/mol. The molecule has 3 heteroatoms. The molecule has 104 valence electrons. The van der Waals surface area contributed by atoms with Crippen LogP contribution in [0.5, 0.6) is 0 Å². The highest BCUT2D eigenvalue weighted by Gasteiger charge is 2.19. The van der Waals surface area contributed by atoms with E-state index in [9.17, 15) is 13.6 Å². The number of halogens is 2. The second-order valence-corrected chi connectivity index (χ2v) is 4.76. The molecule has 1 atom stereocenters. The Morgan fingerprint density at radius 3 is 2.35 bits per heavy atom. The minimum atomic E-state index is -0.914. The van der Waals surface area contributed by atoms with Crippen LogP contribution in [0.4, 0.5) is 8.78 Å². The maximum atomic E-state index is 13.1. The highest BCUT2D eigenvalue weighted by molar-refractivity contribution is 5.87. The average molecular weight is 274 g/mol. The number of carbonyl (C=O) groups is 1. The Kier molecular flexibility index (Phi) is 4.61. The summed E-state index contributed by atoms with van der Waals surface area (Å²) in [4.78, 5) is 12.3. The molecule has 0 spiro atoms. The molecule has 0 aliphatic carbocycles. The summed E-state index contributed by atoms with van der Waals surface area (Å²) in [7, 11) is 0. The van der Waals surface area contributed by atoms with Crippen LogP contribution in [0.1, 0.15) is 30.4 Å². The smallest absolute Gasteiger partial charge is 0.159 e. The second-order valence-electron chi connectivity index (χ2n) is 4.76. The van der Waals surface area contributed by atoms with Crippen LogP contribution in [0.3, 0.4) is 0 Å². The number of benzene rings is 2. The molecule has 0 aromatic heterocycles. The van der Waals surface area contributed by atoms with Crippen molar-refractivity contribution in [2.45, 2.75) is 25.7 Å². The first-order valence-electron chi connectivity index (χ1n) is 6.63. The van der Waals surface area contributed by atoms with Crippen molar-refractivity contribution in [1.82, 2.24) is 0 Å². The molecule has 20 heavy (non-hydrogen) atoms. The molecule has 2 aromatic carbocycles. The standard InChI is InChI=1S/C17H16F2O/c1-2-14(13-6-4-3-5-7-13)17(20)11-12-8-9-15(18)16(19)10-12/h3-10,14H,2,11H2,1H3. The van der Waals surface area contributed by atoms with E-state index < -0.39 is 11.6 Å². The van der Waals surface area contributed by atoms with Crippen LogP contribution in [-0.4, -0.2) is 5.78 Å². The lowest BCUT2D eigenvalue weighted by Gasteiger charge is -2.14. The van der Waals surface area contributed by atoms with Crippen molar-refractivity contribution in [3.05, 3.63) is 71.3 Å². The Morgan fingerprint density at radius 1 is 1.05 bits per heavy atom. The van der Waals surface area contributed by atoms with Crippen LogP contribution in [0.15, 0.2) is 48.5 Å². The average Bonchev–Trinajstić information content (AvgIpc) is 2.45. The van der Waals surface area contributed by atoms with Crippen molar-refractivity contribution in [3.8, 4) is 0 Å². The van der Waals surface area contributed by atoms with E-state index >= 15 is 0 Å². The maximum Gasteiger partial charge on any atom is 0.159 e. The van der Waals surface area contributed by atoms with E-state index in [1.807, 2.05) is 37.3 Å². The van der Waals surface area contributed by atoms with E-state index in [2.05, 4.69) is 0 Å². The number of carbonyl (C=O) groups excluding carboxylic acids is 1. The number of Topliss-reactive ketones (excluding diaryl/α,β-unsaturated/α-hetero) is 1. The molecule has 2 aromatic rings. The van der Waals surface area contributed by atoms with Gasteiger partial charge >= 0.3 is 0 Å². The summed E-state index contributed by atoms with van der Waals surface area (Å²) in [6, 6.07) is 13.1. The summed E-state index contributed by atoms with van der Waals surface area (Å²) in [6.07, 6.45) is 0.803. The maximum absolute atomic E-state index is 13.1. The Morgan fingerprint density at radius 2 is 1.75 bits per heavy atom. The summed E-state index contributed by atoms with van der Waals surface area (Å²) in [5, 5.41) is 0. The summed E-state index contributed by atoms with van der Waals surface area (Å²) in [6.45, 7) is 1.95. The number of hydrogen-bond donors (Lipinski definition) is 0. The van der Waals surface area contributed by atoms with E-state index in [1.165, 1.54) is 6.07 Å².